The quantitative estimate of drug-likeness (QED) is 0.686. The molecule has 4 aliphatic carbocycles. The Morgan fingerprint density at radius 1 is 1.36 bits per heavy atom. The minimum Gasteiger partial charge on any atom is -0.393 e. The summed E-state index contributed by atoms with van der Waals surface area (Å²) in [5.41, 5.74) is 1.22. The summed E-state index contributed by atoms with van der Waals surface area (Å²) >= 11 is 0. The molecule has 0 aliphatic heterocycles. The fourth-order valence-electron chi connectivity index (χ4n) is 5.97. The Bertz CT molecular complexity index is 301. The Labute approximate surface area is 85.1 Å². The maximum absolute atomic E-state index is 10.1. The summed E-state index contributed by atoms with van der Waals surface area (Å²) in [6.07, 6.45) is 5.51. The number of nitrogens with one attached hydrogen (secondary N) is 1. The summed E-state index contributed by atoms with van der Waals surface area (Å²) in [5, 5.41) is 13.5. The Hall–Kier alpha value is -0.0800. The molecule has 14 heavy (non-hydrogen) atoms. The van der Waals surface area contributed by atoms with Crippen LogP contribution < -0.4 is 5.32 Å². The lowest BCUT2D eigenvalue weighted by molar-refractivity contribution is -0.263. The van der Waals surface area contributed by atoms with Crippen LogP contribution in [0.5, 0.6) is 0 Å². The zero-order chi connectivity index (χ0) is 9.55. The third-order valence-electron chi connectivity index (χ3n) is 6.22. The van der Waals surface area contributed by atoms with E-state index in [0.717, 1.165) is 5.92 Å². The second-order valence-electron chi connectivity index (χ2n) is 6.25. The average Bonchev–Trinajstić information content (AvgIpc) is 2.57. The van der Waals surface area contributed by atoms with Crippen LogP contribution in [0, 0.1) is 28.6 Å². The lowest BCUT2D eigenvalue weighted by atomic mass is 9.31. The van der Waals surface area contributed by atoms with Crippen molar-refractivity contribution in [1.82, 2.24) is 5.32 Å². The minimum atomic E-state index is 0.0662. The molecule has 4 saturated carbocycles. The van der Waals surface area contributed by atoms with Gasteiger partial charge in [0.15, 0.2) is 0 Å². The van der Waals surface area contributed by atoms with Crippen LogP contribution in [0.15, 0.2) is 0 Å². The molecule has 1 spiro atoms. The average molecular weight is 193 g/mol. The summed E-state index contributed by atoms with van der Waals surface area (Å²) in [7, 11) is 2.08. The standard InChI is InChI=1S/C12H19NO/c1-13-6-11-3-7-4-12(11)8(5-11)2-9(12)10(7)14/h7-10,13-14H,2-6H2,1H3. The molecule has 2 N–H and O–H groups in total. The van der Waals surface area contributed by atoms with E-state index < -0.39 is 0 Å². The smallest absolute Gasteiger partial charge is 0.0602 e. The van der Waals surface area contributed by atoms with Crippen molar-refractivity contribution in [1.29, 1.82) is 0 Å². The van der Waals surface area contributed by atoms with Gasteiger partial charge in [-0.15, -0.1) is 0 Å². The molecule has 2 heteroatoms. The largest absolute Gasteiger partial charge is 0.393 e. The van der Waals surface area contributed by atoms with Crippen LogP contribution in [0.1, 0.15) is 25.7 Å². The molecule has 4 fully saturated rings. The Balaban J connectivity index is 1.75. The first-order chi connectivity index (χ1) is 6.73. The maximum atomic E-state index is 10.1. The van der Waals surface area contributed by atoms with E-state index in [2.05, 4.69) is 12.4 Å². The summed E-state index contributed by atoms with van der Waals surface area (Å²) in [6.45, 7) is 1.20. The van der Waals surface area contributed by atoms with E-state index in [4.69, 9.17) is 0 Å². The molecule has 4 aliphatic rings. The van der Waals surface area contributed by atoms with Crippen LogP contribution in [-0.4, -0.2) is 24.8 Å². The van der Waals surface area contributed by atoms with E-state index in [1.807, 2.05) is 0 Å². The van der Waals surface area contributed by atoms with Crippen molar-refractivity contribution in [3.63, 3.8) is 0 Å². The second-order valence-corrected chi connectivity index (χ2v) is 6.25. The first-order valence-electron chi connectivity index (χ1n) is 6.06. The number of rotatable bonds is 2. The number of aliphatic hydroxyl groups excluding tert-OH is 1. The zero-order valence-corrected chi connectivity index (χ0v) is 8.79. The van der Waals surface area contributed by atoms with Gasteiger partial charge in [-0.2, -0.15) is 0 Å². The van der Waals surface area contributed by atoms with Gasteiger partial charge < -0.3 is 10.4 Å². The molecule has 2 bridgehead atoms. The number of hydrogen-bond donors (Lipinski definition) is 2. The molecule has 0 amide bonds. The molecule has 6 unspecified atom stereocenters. The van der Waals surface area contributed by atoms with E-state index in [1.54, 1.807) is 0 Å². The zero-order valence-electron chi connectivity index (χ0n) is 8.79. The van der Waals surface area contributed by atoms with Gasteiger partial charge in [-0.1, -0.05) is 0 Å². The highest BCUT2D eigenvalue weighted by Crippen LogP contribution is 2.86. The Morgan fingerprint density at radius 3 is 2.86 bits per heavy atom. The lowest BCUT2D eigenvalue weighted by Gasteiger charge is -2.73. The van der Waals surface area contributed by atoms with Gasteiger partial charge in [0, 0.05) is 6.54 Å². The molecular formula is C12H19NO. The van der Waals surface area contributed by atoms with Crippen molar-refractivity contribution in [2.75, 3.05) is 13.6 Å². The van der Waals surface area contributed by atoms with Gasteiger partial charge in [0.25, 0.3) is 0 Å². The fraction of sp³-hybridized carbons (Fsp3) is 1.00. The van der Waals surface area contributed by atoms with Gasteiger partial charge >= 0.3 is 0 Å². The van der Waals surface area contributed by atoms with E-state index in [-0.39, 0.29) is 6.10 Å². The van der Waals surface area contributed by atoms with Crippen LogP contribution in [0.3, 0.4) is 0 Å². The summed E-state index contributed by atoms with van der Waals surface area (Å²) in [6, 6.07) is 0. The van der Waals surface area contributed by atoms with Crippen molar-refractivity contribution in [3.8, 4) is 0 Å². The highest BCUT2D eigenvalue weighted by Gasteiger charge is 2.82. The molecule has 0 saturated heterocycles. The van der Waals surface area contributed by atoms with E-state index in [0.29, 0.717) is 22.7 Å². The van der Waals surface area contributed by atoms with Crippen LogP contribution >= 0.6 is 0 Å². The van der Waals surface area contributed by atoms with E-state index in [1.165, 1.54) is 32.2 Å². The van der Waals surface area contributed by atoms with E-state index >= 15 is 0 Å². The van der Waals surface area contributed by atoms with Crippen molar-refractivity contribution < 1.29 is 5.11 Å². The SMILES string of the molecule is CNCC12CC3CC14C(CC4C3O)C2. The highest BCUT2D eigenvalue weighted by atomic mass is 16.3. The maximum Gasteiger partial charge on any atom is 0.0602 e. The monoisotopic (exact) mass is 193 g/mol. The van der Waals surface area contributed by atoms with Crippen molar-refractivity contribution >= 4 is 0 Å². The molecule has 0 aromatic rings. The molecule has 78 valence electrons. The van der Waals surface area contributed by atoms with Crippen LogP contribution in [0.2, 0.25) is 0 Å². The molecule has 0 aromatic heterocycles. The second kappa shape index (κ2) is 2.05. The van der Waals surface area contributed by atoms with Gasteiger partial charge in [0.05, 0.1) is 6.10 Å². The number of hydrogen-bond acceptors (Lipinski definition) is 2. The Kier molecular flexibility index (Phi) is 1.19. The van der Waals surface area contributed by atoms with Gasteiger partial charge in [0.1, 0.15) is 0 Å². The summed E-state index contributed by atoms with van der Waals surface area (Å²) < 4.78 is 0. The van der Waals surface area contributed by atoms with Crippen LogP contribution in [-0.2, 0) is 0 Å². The molecule has 2 nitrogen and oxygen atoms in total. The first-order valence-corrected chi connectivity index (χ1v) is 6.06. The predicted molar refractivity (Wildman–Crippen MR) is 53.7 cm³/mol. The van der Waals surface area contributed by atoms with E-state index in [9.17, 15) is 5.11 Å². The third-order valence-corrected chi connectivity index (χ3v) is 6.22. The highest BCUT2D eigenvalue weighted by molar-refractivity contribution is 5.31. The summed E-state index contributed by atoms with van der Waals surface area (Å²) in [5.74, 6) is 2.33. The molecule has 0 radical (unpaired) electrons. The number of fused-ring (bicyclic) bond motifs is 1. The van der Waals surface area contributed by atoms with Crippen LogP contribution in [0.25, 0.3) is 0 Å². The van der Waals surface area contributed by atoms with Gasteiger partial charge in [-0.05, 0) is 61.3 Å². The Morgan fingerprint density at radius 2 is 2.21 bits per heavy atom. The topological polar surface area (TPSA) is 32.3 Å². The first kappa shape index (κ1) is 8.12. The predicted octanol–water partition coefficient (Wildman–Crippen LogP) is 1.00. The van der Waals surface area contributed by atoms with Crippen LogP contribution in [0.4, 0.5) is 0 Å². The van der Waals surface area contributed by atoms with Gasteiger partial charge in [-0.25, -0.2) is 0 Å². The van der Waals surface area contributed by atoms with Crippen molar-refractivity contribution in [2.24, 2.45) is 28.6 Å². The molecule has 6 atom stereocenters. The molecule has 0 heterocycles. The fourth-order valence-corrected chi connectivity index (χ4v) is 5.97. The van der Waals surface area contributed by atoms with Crippen molar-refractivity contribution in [2.45, 2.75) is 31.8 Å². The third kappa shape index (κ3) is 0.527. The van der Waals surface area contributed by atoms with Gasteiger partial charge in [-0.3, -0.25) is 0 Å². The normalized spacial score (nSPS) is 67.3. The summed E-state index contributed by atoms with van der Waals surface area (Å²) in [4.78, 5) is 0. The molecule has 4 rings (SSSR count). The number of aliphatic hydroxyl groups is 1. The van der Waals surface area contributed by atoms with Gasteiger partial charge in [0.2, 0.25) is 0 Å². The minimum absolute atomic E-state index is 0.0662. The molecular weight excluding hydrogens is 174 g/mol. The van der Waals surface area contributed by atoms with Crippen molar-refractivity contribution in [3.05, 3.63) is 0 Å². The molecule has 0 aromatic carbocycles. The lowest BCUT2D eigenvalue weighted by Crippen LogP contribution is -2.71.